The Bertz CT molecular complexity index is 434. The quantitative estimate of drug-likeness (QED) is 0.537. The molecule has 1 aromatic carbocycles. The minimum atomic E-state index is -1.69. The van der Waals surface area contributed by atoms with Crippen LogP contribution in [-0.2, 0) is 16.0 Å². The molecule has 1 heterocycles. The third kappa shape index (κ3) is 2.99. The van der Waals surface area contributed by atoms with Crippen LogP contribution >= 0.6 is 0 Å². The van der Waals surface area contributed by atoms with Crippen LogP contribution in [0.1, 0.15) is 5.56 Å². The fourth-order valence-corrected chi connectivity index (χ4v) is 2.02. The van der Waals surface area contributed by atoms with E-state index in [9.17, 15) is 25.2 Å². The van der Waals surface area contributed by atoms with Crippen molar-refractivity contribution in [2.24, 2.45) is 0 Å². The number of Topliss-reactive ketones (excluding diaryl/α,β-unsaturated/α-hetero) is 1. The van der Waals surface area contributed by atoms with Crippen molar-refractivity contribution in [2.45, 2.75) is 37.1 Å². The van der Waals surface area contributed by atoms with Gasteiger partial charge in [0.2, 0.25) is 0 Å². The van der Waals surface area contributed by atoms with Crippen LogP contribution in [0.4, 0.5) is 0 Å². The predicted molar refractivity (Wildman–Crippen MR) is 64.1 cm³/mol. The molecule has 6 nitrogen and oxygen atoms in total. The van der Waals surface area contributed by atoms with Crippen molar-refractivity contribution in [3.63, 3.8) is 0 Å². The summed E-state index contributed by atoms with van der Waals surface area (Å²) in [7, 11) is 0. The molecule has 0 unspecified atom stereocenters. The van der Waals surface area contributed by atoms with Crippen molar-refractivity contribution in [1.82, 2.24) is 0 Å². The van der Waals surface area contributed by atoms with Gasteiger partial charge in [-0.1, -0.05) is 30.3 Å². The fraction of sp³-hybridized carbons (Fsp3) is 0.462. The average Bonchev–Trinajstić information content (AvgIpc) is 2.41. The SMILES string of the molecule is O=C(Cc1ccccc1)[C@H]1O[C@H](O)[C@H](O)[C@@H](O)[C@H]1O. The lowest BCUT2D eigenvalue weighted by Gasteiger charge is -2.37. The van der Waals surface area contributed by atoms with Gasteiger partial charge in [-0.15, -0.1) is 0 Å². The zero-order valence-electron chi connectivity index (χ0n) is 10.1. The normalized spacial score (nSPS) is 35.1. The first-order valence-electron chi connectivity index (χ1n) is 5.95. The molecule has 1 aliphatic heterocycles. The van der Waals surface area contributed by atoms with E-state index in [0.29, 0.717) is 0 Å². The van der Waals surface area contributed by atoms with Gasteiger partial charge in [-0.3, -0.25) is 4.79 Å². The number of ether oxygens (including phenoxy) is 1. The smallest absolute Gasteiger partial charge is 0.184 e. The summed E-state index contributed by atoms with van der Waals surface area (Å²) in [6.07, 6.45) is -7.84. The largest absolute Gasteiger partial charge is 0.387 e. The lowest BCUT2D eigenvalue weighted by molar-refractivity contribution is -0.275. The van der Waals surface area contributed by atoms with Gasteiger partial charge in [-0.05, 0) is 5.56 Å². The van der Waals surface area contributed by atoms with Crippen molar-refractivity contribution in [3.8, 4) is 0 Å². The summed E-state index contributed by atoms with van der Waals surface area (Å²) in [4.78, 5) is 12.0. The standard InChI is InChI=1S/C13H16O6/c14-8(6-7-4-2-1-3-5-7)12-10(16)9(15)11(17)13(18)19-12/h1-5,9-13,15-18H,6H2/t9-,10+,11+,12+,13-/m0/s1. The molecule has 1 aromatic rings. The lowest BCUT2D eigenvalue weighted by Crippen LogP contribution is -2.59. The van der Waals surface area contributed by atoms with E-state index in [1.807, 2.05) is 6.07 Å². The summed E-state index contributed by atoms with van der Waals surface area (Å²) in [5.74, 6) is -0.469. The Balaban J connectivity index is 2.06. The molecule has 0 bridgehead atoms. The second-order valence-corrected chi connectivity index (χ2v) is 4.55. The van der Waals surface area contributed by atoms with E-state index in [-0.39, 0.29) is 6.42 Å². The summed E-state index contributed by atoms with van der Waals surface area (Å²) in [5, 5.41) is 37.9. The molecule has 104 valence electrons. The Hall–Kier alpha value is -1.31. The van der Waals surface area contributed by atoms with Crippen LogP contribution in [0.25, 0.3) is 0 Å². The molecule has 5 atom stereocenters. The molecule has 0 saturated carbocycles. The molecule has 1 fully saturated rings. The summed E-state index contributed by atoms with van der Waals surface area (Å²) in [6, 6.07) is 8.84. The molecule has 0 aliphatic carbocycles. The Morgan fingerprint density at radius 2 is 1.63 bits per heavy atom. The van der Waals surface area contributed by atoms with Gasteiger partial charge in [0.25, 0.3) is 0 Å². The highest BCUT2D eigenvalue weighted by Gasteiger charge is 2.45. The van der Waals surface area contributed by atoms with Gasteiger partial charge in [-0.2, -0.15) is 0 Å². The molecule has 0 aromatic heterocycles. The van der Waals surface area contributed by atoms with Crippen LogP contribution in [0, 0.1) is 0 Å². The summed E-state index contributed by atoms with van der Waals surface area (Å²) >= 11 is 0. The maximum Gasteiger partial charge on any atom is 0.184 e. The van der Waals surface area contributed by atoms with Crippen LogP contribution in [0.15, 0.2) is 30.3 Å². The van der Waals surface area contributed by atoms with Gasteiger partial charge in [0.05, 0.1) is 0 Å². The van der Waals surface area contributed by atoms with E-state index < -0.39 is 36.5 Å². The number of carbonyl (C=O) groups excluding carboxylic acids is 1. The zero-order chi connectivity index (χ0) is 14.0. The Labute approximate surface area is 109 Å². The molecule has 0 amide bonds. The van der Waals surface area contributed by atoms with Gasteiger partial charge in [0, 0.05) is 6.42 Å². The number of benzene rings is 1. The number of hydrogen-bond acceptors (Lipinski definition) is 6. The Morgan fingerprint density at radius 3 is 2.26 bits per heavy atom. The molecule has 0 spiro atoms. The molecule has 0 radical (unpaired) electrons. The highest BCUT2D eigenvalue weighted by atomic mass is 16.6. The van der Waals surface area contributed by atoms with Crippen molar-refractivity contribution in [2.75, 3.05) is 0 Å². The predicted octanol–water partition coefficient (Wildman–Crippen LogP) is -1.40. The van der Waals surface area contributed by atoms with Gasteiger partial charge >= 0.3 is 0 Å². The van der Waals surface area contributed by atoms with Crippen molar-refractivity contribution < 1.29 is 30.0 Å². The molecule has 2 rings (SSSR count). The average molecular weight is 268 g/mol. The third-order valence-electron chi connectivity index (χ3n) is 3.13. The van der Waals surface area contributed by atoms with Gasteiger partial charge in [0.15, 0.2) is 12.1 Å². The van der Waals surface area contributed by atoms with Crippen molar-refractivity contribution in [1.29, 1.82) is 0 Å². The maximum atomic E-state index is 12.0. The minimum absolute atomic E-state index is 0.0120. The Morgan fingerprint density at radius 1 is 1.00 bits per heavy atom. The number of rotatable bonds is 3. The number of hydrogen-bond donors (Lipinski definition) is 4. The van der Waals surface area contributed by atoms with Crippen LogP contribution in [0.3, 0.4) is 0 Å². The van der Waals surface area contributed by atoms with Gasteiger partial charge in [-0.25, -0.2) is 0 Å². The number of aliphatic hydroxyl groups is 4. The molecule has 6 heteroatoms. The highest BCUT2D eigenvalue weighted by molar-refractivity contribution is 5.86. The fourth-order valence-electron chi connectivity index (χ4n) is 2.02. The topological polar surface area (TPSA) is 107 Å². The van der Waals surface area contributed by atoms with Crippen LogP contribution in [-0.4, -0.2) is 56.9 Å². The highest BCUT2D eigenvalue weighted by Crippen LogP contribution is 2.21. The van der Waals surface area contributed by atoms with E-state index in [2.05, 4.69) is 0 Å². The van der Waals surface area contributed by atoms with Crippen LogP contribution < -0.4 is 0 Å². The number of carbonyl (C=O) groups is 1. The van der Waals surface area contributed by atoms with Crippen LogP contribution in [0.2, 0.25) is 0 Å². The van der Waals surface area contributed by atoms with Crippen LogP contribution in [0.5, 0.6) is 0 Å². The van der Waals surface area contributed by atoms with E-state index in [4.69, 9.17) is 4.74 Å². The van der Waals surface area contributed by atoms with E-state index in [1.54, 1.807) is 24.3 Å². The van der Waals surface area contributed by atoms with E-state index in [0.717, 1.165) is 5.56 Å². The molecule has 1 aliphatic rings. The van der Waals surface area contributed by atoms with Crippen molar-refractivity contribution >= 4 is 5.78 Å². The van der Waals surface area contributed by atoms with Gasteiger partial charge < -0.3 is 25.2 Å². The maximum absolute atomic E-state index is 12.0. The lowest BCUT2D eigenvalue weighted by atomic mass is 9.93. The number of aliphatic hydroxyl groups excluding tert-OH is 4. The van der Waals surface area contributed by atoms with Gasteiger partial charge in [0.1, 0.15) is 24.4 Å². The zero-order valence-corrected chi connectivity index (χ0v) is 10.1. The number of ketones is 1. The summed E-state index contributed by atoms with van der Waals surface area (Å²) in [6.45, 7) is 0. The van der Waals surface area contributed by atoms with E-state index in [1.165, 1.54) is 0 Å². The molecular formula is C13H16O6. The molecule has 19 heavy (non-hydrogen) atoms. The van der Waals surface area contributed by atoms with Crippen molar-refractivity contribution in [3.05, 3.63) is 35.9 Å². The molecule has 4 N–H and O–H groups in total. The first-order chi connectivity index (χ1) is 9.00. The summed E-state index contributed by atoms with van der Waals surface area (Å²) in [5.41, 5.74) is 0.735. The monoisotopic (exact) mass is 268 g/mol. The first-order valence-corrected chi connectivity index (χ1v) is 5.95. The second kappa shape index (κ2) is 5.77. The third-order valence-corrected chi connectivity index (χ3v) is 3.13. The van der Waals surface area contributed by atoms with E-state index >= 15 is 0 Å². The minimum Gasteiger partial charge on any atom is -0.387 e. The first kappa shape index (κ1) is 14.1. The molecular weight excluding hydrogens is 252 g/mol. The molecule has 1 saturated heterocycles. The summed E-state index contributed by atoms with van der Waals surface area (Å²) < 4.78 is 4.86. The second-order valence-electron chi connectivity index (χ2n) is 4.55. The Kier molecular flexibility index (Phi) is 4.28.